The summed E-state index contributed by atoms with van der Waals surface area (Å²) in [6.07, 6.45) is 2.02. The Balaban J connectivity index is 2.17. The molecule has 1 aliphatic rings. The SMILES string of the molecule is O=C(NC1CC1)c1cc(O)cc(O)c1. The van der Waals surface area contributed by atoms with Gasteiger partial charge in [-0.1, -0.05) is 0 Å². The molecule has 74 valence electrons. The zero-order valence-corrected chi connectivity index (χ0v) is 7.53. The second kappa shape index (κ2) is 3.21. The smallest absolute Gasteiger partial charge is 0.251 e. The summed E-state index contributed by atoms with van der Waals surface area (Å²) in [6, 6.07) is 4.12. The molecule has 1 amide bonds. The fraction of sp³-hybridized carbons (Fsp3) is 0.300. The first-order chi connectivity index (χ1) is 6.65. The predicted molar refractivity (Wildman–Crippen MR) is 50.3 cm³/mol. The van der Waals surface area contributed by atoms with Gasteiger partial charge in [-0.05, 0) is 25.0 Å². The molecule has 4 nitrogen and oxygen atoms in total. The summed E-state index contributed by atoms with van der Waals surface area (Å²) in [4.78, 5) is 11.5. The minimum atomic E-state index is -0.251. The lowest BCUT2D eigenvalue weighted by molar-refractivity contribution is 0.0950. The number of carbonyl (C=O) groups excluding carboxylic acids is 1. The zero-order valence-electron chi connectivity index (χ0n) is 7.53. The molecule has 0 heterocycles. The summed E-state index contributed by atoms with van der Waals surface area (Å²) in [5, 5.41) is 21.1. The van der Waals surface area contributed by atoms with Crippen molar-refractivity contribution in [3.8, 4) is 11.5 Å². The standard InChI is InChI=1S/C10H11NO3/c12-8-3-6(4-9(13)5-8)10(14)11-7-1-2-7/h3-5,7,12-13H,1-2H2,(H,11,14). The largest absolute Gasteiger partial charge is 0.508 e. The van der Waals surface area contributed by atoms with Crippen LogP contribution in [0, 0.1) is 0 Å². The number of rotatable bonds is 2. The van der Waals surface area contributed by atoms with Crippen LogP contribution in [0.3, 0.4) is 0 Å². The molecule has 14 heavy (non-hydrogen) atoms. The fourth-order valence-electron chi connectivity index (χ4n) is 1.22. The molecule has 4 heteroatoms. The number of benzene rings is 1. The summed E-state index contributed by atoms with van der Waals surface area (Å²) >= 11 is 0. The summed E-state index contributed by atoms with van der Waals surface area (Å²) in [7, 11) is 0. The first kappa shape index (κ1) is 8.87. The van der Waals surface area contributed by atoms with Gasteiger partial charge in [-0.3, -0.25) is 4.79 Å². The van der Waals surface area contributed by atoms with Crippen LogP contribution < -0.4 is 5.32 Å². The van der Waals surface area contributed by atoms with Crippen LogP contribution in [-0.4, -0.2) is 22.2 Å². The first-order valence-electron chi connectivity index (χ1n) is 4.49. The summed E-state index contributed by atoms with van der Waals surface area (Å²) < 4.78 is 0. The molecule has 1 aliphatic carbocycles. The molecule has 1 saturated carbocycles. The number of hydrogen-bond donors (Lipinski definition) is 3. The van der Waals surface area contributed by atoms with Crippen LogP contribution in [0.15, 0.2) is 18.2 Å². The van der Waals surface area contributed by atoms with Crippen molar-refractivity contribution in [1.29, 1.82) is 0 Å². The number of aromatic hydroxyl groups is 2. The minimum absolute atomic E-state index is 0.106. The lowest BCUT2D eigenvalue weighted by atomic mass is 10.2. The van der Waals surface area contributed by atoms with Crippen molar-refractivity contribution in [2.75, 3.05) is 0 Å². The molecule has 0 unspecified atom stereocenters. The second-order valence-electron chi connectivity index (χ2n) is 3.49. The molecule has 0 spiro atoms. The van der Waals surface area contributed by atoms with E-state index in [1.54, 1.807) is 0 Å². The molecular formula is C10H11NO3. The second-order valence-corrected chi connectivity index (χ2v) is 3.49. The Morgan fingerprint density at radius 3 is 2.29 bits per heavy atom. The van der Waals surface area contributed by atoms with Gasteiger partial charge in [-0.25, -0.2) is 0 Å². The average molecular weight is 193 g/mol. The van der Waals surface area contributed by atoms with Crippen LogP contribution >= 0.6 is 0 Å². The third kappa shape index (κ3) is 1.96. The monoisotopic (exact) mass is 193 g/mol. The molecule has 1 aromatic rings. The highest BCUT2D eigenvalue weighted by Gasteiger charge is 2.24. The zero-order chi connectivity index (χ0) is 10.1. The highest BCUT2D eigenvalue weighted by molar-refractivity contribution is 5.95. The first-order valence-corrected chi connectivity index (χ1v) is 4.49. The maximum atomic E-state index is 11.5. The highest BCUT2D eigenvalue weighted by Crippen LogP contribution is 2.22. The Morgan fingerprint density at radius 2 is 1.79 bits per heavy atom. The van der Waals surface area contributed by atoms with Crippen molar-refractivity contribution < 1.29 is 15.0 Å². The molecule has 1 aromatic carbocycles. The molecule has 0 radical (unpaired) electrons. The topological polar surface area (TPSA) is 69.6 Å². The lowest BCUT2D eigenvalue weighted by Crippen LogP contribution is -2.25. The maximum absolute atomic E-state index is 11.5. The predicted octanol–water partition coefficient (Wildman–Crippen LogP) is 0.990. The van der Waals surface area contributed by atoms with Crippen molar-refractivity contribution in [2.45, 2.75) is 18.9 Å². The number of phenolic OH excluding ortho intramolecular Hbond substituents is 2. The quantitative estimate of drug-likeness (QED) is 0.656. The van der Waals surface area contributed by atoms with Crippen molar-refractivity contribution in [2.24, 2.45) is 0 Å². The molecule has 0 saturated heterocycles. The van der Waals surface area contributed by atoms with Gasteiger partial charge in [0.15, 0.2) is 0 Å². The third-order valence-electron chi connectivity index (χ3n) is 2.08. The van der Waals surface area contributed by atoms with E-state index in [9.17, 15) is 4.79 Å². The highest BCUT2D eigenvalue weighted by atomic mass is 16.3. The van der Waals surface area contributed by atoms with E-state index in [1.807, 2.05) is 0 Å². The molecule has 1 fully saturated rings. The van der Waals surface area contributed by atoms with Crippen molar-refractivity contribution >= 4 is 5.91 Å². The number of nitrogens with one attached hydrogen (secondary N) is 1. The summed E-state index contributed by atoms with van der Waals surface area (Å²) in [5.74, 6) is -0.462. The number of phenols is 2. The average Bonchev–Trinajstić information content (AvgIpc) is 2.86. The Hall–Kier alpha value is -1.71. The maximum Gasteiger partial charge on any atom is 0.251 e. The molecule has 0 aliphatic heterocycles. The number of hydrogen-bond acceptors (Lipinski definition) is 3. The van der Waals surface area contributed by atoms with Gasteiger partial charge in [0.25, 0.3) is 5.91 Å². The van der Waals surface area contributed by atoms with Gasteiger partial charge in [0.2, 0.25) is 0 Å². The van der Waals surface area contributed by atoms with Crippen LogP contribution in [0.25, 0.3) is 0 Å². The summed E-state index contributed by atoms with van der Waals surface area (Å²) in [6.45, 7) is 0. The Morgan fingerprint density at radius 1 is 1.21 bits per heavy atom. The Kier molecular flexibility index (Phi) is 2.04. The van der Waals surface area contributed by atoms with Crippen molar-refractivity contribution in [1.82, 2.24) is 5.32 Å². The molecule has 3 N–H and O–H groups in total. The lowest BCUT2D eigenvalue weighted by Gasteiger charge is -2.04. The van der Waals surface area contributed by atoms with Gasteiger partial charge < -0.3 is 15.5 Å². The van der Waals surface area contributed by atoms with Crippen LogP contribution in [0.2, 0.25) is 0 Å². The van der Waals surface area contributed by atoms with Crippen LogP contribution in [-0.2, 0) is 0 Å². The minimum Gasteiger partial charge on any atom is -0.508 e. The van der Waals surface area contributed by atoms with Gasteiger partial charge in [0.1, 0.15) is 11.5 Å². The normalized spacial score (nSPS) is 15.1. The number of amides is 1. The van der Waals surface area contributed by atoms with Crippen molar-refractivity contribution in [3.63, 3.8) is 0 Å². The van der Waals surface area contributed by atoms with E-state index in [2.05, 4.69) is 5.32 Å². The molecule has 0 bridgehead atoms. The van der Waals surface area contributed by atoms with E-state index in [-0.39, 0.29) is 29.0 Å². The van der Waals surface area contributed by atoms with E-state index in [4.69, 9.17) is 10.2 Å². The molecular weight excluding hydrogens is 182 g/mol. The van der Waals surface area contributed by atoms with E-state index in [0.29, 0.717) is 0 Å². The van der Waals surface area contributed by atoms with E-state index in [1.165, 1.54) is 18.2 Å². The Labute approximate surface area is 81.2 Å². The van der Waals surface area contributed by atoms with Crippen LogP contribution in [0.1, 0.15) is 23.2 Å². The van der Waals surface area contributed by atoms with Crippen LogP contribution in [0.5, 0.6) is 11.5 Å². The van der Waals surface area contributed by atoms with Gasteiger partial charge in [0.05, 0.1) is 0 Å². The van der Waals surface area contributed by atoms with E-state index >= 15 is 0 Å². The van der Waals surface area contributed by atoms with Gasteiger partial charge in [-0.2, -0.15) is 0 Å². The molecule has 0 aromatic heterocycles. The van der Waals surface area contributed by atoms with Crippen LogP contribution in [0.4, 0.5) is 0 Å². The third-order valence-corrected chi connectivity index (χ3v) is 2.08. The van der Waals surface area contributed by atoms with Crippen molar-refractivity contribution in [3.05, 3.63) is 23.8 Å². The van der Waals surface area contributed by atoms with Gasteiger partial charge in [0, 0.05) is 17.7 Å². The van der Waals surface area contributed by atoms with E-state index in [0.717, 1.165) is 12.8 Å². The Bertz CT molecular complexity index is 351. The fourth-order valence-corrected chi connectivity index (χ4v) is 1.22. The van der Waals surface area contributed by atoms with Gasteiger partial charge >= 0.3 is 0 Å². The molecule has 0 atom stereocenters. The number of carbonyl (C=O) groups is 1. The van der Waals surface area contributed by atoms with E-state index < -0.39 is 0 Å². The summed E-state index contributed by atoms with van der Waals surface area (Å²) in [5.41, 5.74) is 0.286. The molecule has 2 rings (SSSR count). The van der Waals surface area contributed by atoms with Gasteiger partial charge in [-0.15, -0.1) is 0 Å².